The van der Waals surface area contributed by atoms with Gasteiger partial charge >= 0.3 is 0 Å². The Morgan fingerprint density at radius 2 is 1.87 bits per heavy atom. The molecule has 2 nitrogen and oxygen atoms in total. The van der Waals surface area contributed by atoms with Crippen molar-refractivity contribution >= 4 is 0 Å². The molecule has 2 heteroatoms. The summed E-state index contributed by atoms with van der Waals surface area (Å²) in [7, 11) is 0. The maximum atomic E-state index is 3.65. The van der Waals surface area contributed by atoms with E-state index in [1.807, 2.05) is 0 Å². The third kappa shape index (κ3) is 3.76. The normalized spacial score (nSPS) is 27.6. The van der Waals surface area contributed by atoms with Crippen molar-refractivity contribution in [1.29, 1.82) is 0 Å². The first-order valence-corrected chi connectivity index (χ1v) is 6.31. The molecule has 1 aliphatic rings. The minimum atomic E-state index is 0.278. The van der Waals surface area contributed by atoms with Crippen LogP contribution in [0.4, 0.5) is 0 Å². The van der Waals surface area contributed by atoms with Gasteiger partial charge in [0.2, 0.25) is 0 Å². The lowest BCUT2D eigenvalue weighted by Crippen LogP contribution is -2.63. The third-order valence-corrected chi connectivity index (χ3v) is 3.23. The molecule has 0 bridgehead atoms. The van der Waals surface area contributed by atoms with Crippen LogP contribution in [0.5, 0.6) is 0 Å². The quantitative estimate of drug-likeness (QED) is 0.772. The predicted molar refractivity (Wildman–Crippen MR) is 67.1 cm³/mol. The van der Waals surface area contributed by atoms with Gasteiger partial charge in [0.05, 0.1) is 0 Å². The van der Waals surface area contributed by atoms with Gasteiger partial charge in [-0.1, -0.05) is 27.7 Å². The molecule has 1 fully saturated rings. The average molecular weight is 212 g/mol. The first kappa shape index (κ1) is 13.0. The van der Waals surface area contributed by atoms with Crippen molar-refractivity contribution in [1.82, 2.24) is 10.2 Å². The zero-order chi connectivity index (χ0) is 11.6. The van der Waals surface area contributed by atoms with Crippen molar-refractivity contribution in [3.05, 3.63) is 0 Å². The summed E-state index contributed by atoms with van der Waals surface area (Å²) in [6, 6.07) is 0.709. The molecule has 1 aliphatic heterocycles. The predicted octanol–water partition coefficient (Wildman–Crippen LogP) is 2.35. The Morgan fingerprint density at radius 1 is 1.27 bits per heavy atom. The second-order valence-electron chi connectivity index (χ2n) is 6.40. The van der Waals surface area contributed by atoms with Crippen molar-refractivity contribution in [2.45, 2.75) is 53.1 Å². The molecule has 0 aliphatic carbocycles. The van der Waals surface area contributed by atoms with Crippen LogP contribution < -0.4 is 5.32 Å². The van der Waals surface area contributed by atoms with E-state index in [0.29, 0.717) is 6.04 Å². The van der Waals surface area contributed by atoms with Crippen LogP contribution in [0, 0.1) is 11.8 Å². The maximum absolute atomic E-state index is 3.65. The largest absolute Gasteiger partial charge is 0.309 e. The number of piperazine rings is 1. The standard InChI is InChI=1S/C13H28N2/c1-10(2)8-15-9-13(5,6)14-7-12(15)11(3)4/h10-12,14H,7-9H2,1-6H3. The van der Waals surface area contributed by atoms with Gasteiger partial charge in [-0.15, -0.1) is 0 Å². The van der Waals surface area contributed by atoms with Crippen molar-refractivity contribution in [3.63, 3.8) is 0 Å². The van der Waals surface area contributed by atoms with E-state index >= 15 is 0 Å². The van der Waals surface area contributed by atoms with E-state index in [9.17, 15) is 0 Å². The lowest BCUT2D eigenvalue weighted by molar-refractivity contribution is 0.0595. The Hall–Kier alpha value is -0.0800. The molecule has 0 amide bonds. The fraction of sp³-hybridized carbons (Fsp3) is 1.00. The second kappa shape index (κ2) is 4.84. The van der Waals surface area contributed by atoms with Gasteiger partial charge in [-0.2, -0.15) is 0 Å². The molecule has 0 aromatic carbocycles. The number of hydrogen-bond donors (Lipinski definition) is 1. The van der Waals surface area contributed by atoms with Crippen molar-refractivity contribution in [3.8, 4) is 0 Å². The minimum Gasteiger partial charge on any atom is -0.309 e. The molecule has 1 atom stereocenters. The molecule has 1 saturated heterocycles. The van der Waals surface area contributed by atoms with Crippen LogP contribution in [0.1, 0.15) is 41.5 Å². The molecule has 0 radical (unpaired) electrons. The van der Waals surface area contributed by atoms with Gasteiger partial charge in [0.15, 0.2) is 0 Å². The van der Waals surface area contributed by atoms with E-state index < -0.39 is 0 Å². The summed E-state index contributed by atoms with van der Waals surface area (Å²) < 4.78 is 0. The minimum absolute atomic E-state index is 0.278. The highest BCUT2D eigenvalue weighted by molar-refractivity contribution is 4.93. The first-order valence-electron chi connectivity index (χ1n) is 6.31. The molecule has 0 aromatic heterocycles. The van der Waals surface area contributed by atoms with Crippen molar-refractivity contribution in [2.75, 3.05) is 19.6 Å². The molecular formula is C13H28N2. The molecule has 1 N–H and O–H groups in total. The Balaban J connectivity index is 2.65. The van der Waals surface area contributed by atoms with E-state index in [2.05, 4.69) is 51.8 Å². The zero-order valence-corrected chi connectivity index (χ0v) is 11.3. The summed E-state index contributed by atoms with van der Waals surface area (Å²) in [5, 5.41) is 3.65. The molecule has 0 saturated carbocycles. The molecule has 0 aromatic rings. The lowest BCUT2D eigenvalue weighted by Gasteiger charge is -2.47. The van der Waals surface area contributed by atoms with E-state index in [1.54, 1.807) is 0 Å². The lowest BCUT2D eigenvalue weighted by atomic mass is 9.92. The van der Waals surface area contributed by atoms with Gasteiger partial charge in [-0.25, -0.2) is 0 Å². The molecular weight excluding hydrogens is 184 g/mol. The molecule has 15 heavy (non-hydrogen) atoms. The fourth-order valence-corrected chi connectivity index (χ4v) is 2.52. The van der Waals surface area contributed by atoms with Crippen LogP contribution in [0.15, 0.2) is 0 Å². The van der Waals surface area contributed by atoms with Crippen molar-refractivity contribution in [2.24, 2.45) is 11.8 Å². The number of nitrogens with zero attached hydrogens (tertiary/aromatic N) is 1. The summed E-state index contributed by atoms with van der Waals surface area (Å²) in [5.74, 6) is 1.51. The molecule has 1 rings (SSSR count). The van der Waals surface area contributed by atoms with Crippen LogP contribution in [0.3, 0.4) is 0 Å². The molecule has 0 spiro atoms. The van der Waals surface area contributed by atoms with Gasteiger partial charge in [-0.3, -0.25) is 4.90 Å². The first-order chi connectivity index (χ1) is 6.82. The smallest absolute Gasteiger partial charge is 0.0252 e. The highest BCUT2D eigenvalue weighted by Crippen LogP contribution is 2.21. The number of rotatable bonds is 3. The Morgan fingerprint density at radius 3 is 2.33 bits per heavy atom. The summed E-state index contributed by atoms with van der Waals surface area (Å²) in [6.45, 7) is 17.4. The van der Waals surface area contributed by atoms with Crippen LogP contribution in [0.25, 0.3) is 0 Å². The summed E-state index contributed by atoms with van der Waals surface area (Å²) in [6.07, 6.45) is 0. The van der Waals surface area contributed by atoms with Gasteiger partial charge in [0.1, 0.15) is 0 Å². The Kier molecular flexibility index (Phi) is 4.19. The van der Waals surface area contributed by atoms with Crippen LogP contribution in [0.2, 0.25) is 0 Å². The maximum Gasteiger partial charge on any atom is 0.0252 e. The fourth-order valence-electron chi connectivity index (χ4n) is 2.52. The third-order valence-electron chi connectivity index (χ3n) is 3.23. The van der Waals surface area contributed by atoms with Crippen LogP contribution in [-0.2, 0) is 0 Å². The topological polar surface area (TPSA) is 15.3 Å². The van der Waals surface area contributed by atoms with E-state index in [4.69, 9.17) is 0 Å². The number of nitrogens with one attached hydrogen (secondary N) is 1. The van der Waals surface area contributed by atoms with Gasteiger partial charge in [0.25, 0.3) is 0 Å². The van der Waals surface area contributed by atoms with E-state index in [1.165, 1.54) is 13.1 Å². The summed E-state index contributed by atoms with van der Waals surface area (Å²) in [5.41, 5.74) is 0.278. The van der Waals surface area contributed by atoms with Gasteiger partial charge in [-0.05, 0) is 25.7 Å². The molecule has 1 heterocycles. The van der Waals surface area contributed by atoms with Crippen LogP contribution in [-0.4, -0.2) is 36.1 Å². The van der Waals surface area contributed by atoms with Gasteiger partial charge < -0.3 is 5.32 Å². The summed E-state index contributed by atoms with van der Waals surface area (Å²) >= 11 is 0. The Bertz CT molecular complexity index is 197. The molecule has 90 valence electrons. The molecule has 1 unspecified atom stereocenters. The zero-order valence-electron chi connectivity index (χ0n) is 11.3. The highest BCUT2D eigenvalue weighted by Gasteiger charge is 2.33. The Labute approximate surface area is 95.4 Å². The highest BCUT2D eigenvalue weighted by atomic mass is 15.3. The monoisotopic (exact) mass is 212 g/mol. The average Bonchev–Trinajstić information content (AvgIpc) is 1.99. The summed E-state index contributed by atoms with van der Waals surface area (Å²) in [4.78, 5) is 2.67. The van der Waals surface area contributed by atoms with E-state index in [-0.39, 0.29) is 5.54 Å². The second-order valence-corrected chi connectivity index (χ2v) is 6.40. The van der Waals surface area contributed by atoms with Gasteiger partial charge in [0, 0.05) is 31.2 Å². The number of hydrogen-bond acceptors (Lipinski definition) is 2. The van der Waals surface area contributed by atoms with E-state index in [0.717, 1.165) is 18.4 Å². The van der Waals surface area contributed by atoms with Crippen LogP contribution >= 0.6 is 0 Å². The SMILES string of the molecule is CC(C)CN1CC(C)(C)NCC1C(C)C. The van der Waals surface area contributed by atoms with Crippen molar-refractivity contribution < 1.29 is 0 Å².